The highest BCUT2D eigenvalue weighted by molar-refractivity contribution is 5.77. The monoisotopic (exact) mass is 399 g/mol. The summed E-state index contributed by atoms with van der Waals surface area (Å²) in [6, 6.07) is 9.98. The molecule has 0 aliphatic carbocycles. The second-order valence-electron chi connectivity index (χ2n) is 7.34. The van der Waals surface area contributed by atoms with Gasteiger partial charge in [-0.2, -0.15) is 0 Å². The van der Waals surface area contributed by atoms with Gasteiger partial charge in [-0.1, -0.05) is 12.1 Å². The summed E-state index contributed by atoms with van der Waals surface area (Å²) in [6.07, 6.45) is 5.78. The Hall–Kier alpha value is -2.51. The van der Waals surface area contributed by atoms with Gasteiger partial charge < -0.3 is 14.2 Å². The molecular weight excluding hydrogens is 370 g/mol. The number of hydrogen-bond acceptors (Lipinski definition) is 7. The summed E-state index contributed by atoms with van der Waals surface area (Å²) in [7, 11) is 1.67. The minimum atomic E-state index is -0.488. The lowest BCUT2D eigenvalue weighted by Gasteiger charge is -2.41. The first kappa shape index (κ1) is 21.2. The zero-order chi connectivity index (χ0) is 20.5. The van der Waals surface area contributed by atoms with Crippen molar-refractivity contribution in [3.8, 4) is 11.8 Å². The largest absolute Gasteiger partial charge is 0.466 e. The molecule has 0 radical (unpaired) electrons. The Morgan fingerprint density at radius 3 is 2.66 bits per heavy atom. The van der Waals surface area contributed by atoms with Gasteiger partial charge >= 0.3 is 12.0 Å². The van der Waals surface area contributed by atoms with Gasteiger partial charge in [0.25, 0.3) is 0 Å². The van der Waals surface area contributed by atoms with Gasteiger partial charge in [0.2, 0.25) is 0 Å². The standard InChI is InChI=1S/C22H29N3O4/c1-3-28-20(26)22(11-15-27-2)10-4-14-25(17-22)16-18-6-8-19(9-7-18)29-21-23-12-5-13-24-21/h5-9,12-13H,3-4,10-11,14-17H2,1-2H3. The molecule has 1 aromatic carbocycles. The minimum absolute atomic E-state index is 0.103. The summed E-state index contributed by atoms with van der Waals surface area (Å²) < 4.78 is 16.3. The van der Waals surface area contributed by atoms with E-state index in [9.17, 15) is 4.79 Å². The summed E-state index contributed by atoms with van der Waals surface area (Å²) in [5, 5.41) is 0. The first-order valence-electron chi connectivity index (χ1n) is 10.1. The molecular formula is C22H29N3O4. The summed E-state index contributed by atoms with van der Waals surface area (Å²) in [5.41, 5.74) is 0.676. The number of hydrogen-bond donors (Lipinski definition) is 0. The number of ether oxygens (including phenoxy) is 3. The van der Waals surface area contributed by atoms with Crippen LogP contribution in [0.25, 0.3) is 0 Å². The predicted molar refractivity (Wildman–Crippen MR) is 109 cm³/mol. The van der Waals surface area contributed by atoms with Crippen molar-refractivity contribution in [1.82, 2.24) is 14.9 Å². The molecule has 156 valence electrons. The number of aromatic nitrogens is 2. The zero-order valence-corrected chi connectivity index (χ0v) is 17.2. The van der Waals surface area contributed by atoms with Gasteiger partial charge in [-0.05, 0) is 56.5 Å². The lowest BCUT2D eigenvalue weighted by atomic mass is 9.77. The van der Waals surface area contributed by atoms with Gasteiger partial charge in [-0.3, -0.25) is 9.69 Å². The molecule has 0 amide bonds. The fourth-order valence-corrected chi connectivity index (χ4v) is 3.78. The molecule has 2 heterocycles. The summed E-state index contributed by atoms with van der Waals surface area (Å²) in [5.74, 6) is 0.591. The number of esters is 1. The van der Waals surface area contributed by atoms with Crippen molar-refractivity contribution in [2.24, 2.45) is 5.41 Å². The fourth-order valence-electron chi connectivity index (χ4n) is 3.78. The highest BCUT2D eigenvalue weighted by atomic mass is 16.5. The van der Waals surface area contributed by atoms with Crippen LogP contribution in [0.1, 0.15) is 31.7 Å². The van der Waals surface area contributed by atoms with Gasteiger partial charge in [0.05, 0.1) is 12.0 Å². The maximum absolute atomic E-state index is 12.7. The Labute approximate surface area is 172 Å². The first-order valence-corrected chi connectivity index (χ1v) is 10.1. The van der Waals surface area contributed by atoms with Crippen molar-refractivity contribution in [3.05, 3.63) is 48.3 Å². The third-order valence-corrected chi connectivity index (χ3v) is 5.23. The number of nitrogens with zero attached hydrogens (tertiary/aromatic N) is 3. The quantitative estimate of drug-likeness (QED) is 0.598. The lowest BCUT2D eigenvalue weighted by Crippen LogP contribution is -2.48. The molecule has 0 N–H and O–H groups in total. The topological polar surface area (TPSA) is 73.8 Å². The smallest absolute Gasteiger partial charge is 0.321 e. The number of piperidine rings is 1. The Morgan fingerprint density at radius 1 is 1.21 bits per heavy atom. The minimum Gasteiger partial charge on any atom is -0.466 e. The van der Waals surface area contributed by atoms with Crippen LogP contribution in [0.3, 0.4) is 0 Å². The highest BCUT2D eigenvalue weighted by Gasteiger charge is 2.43. The molecule has 1 unspecified atom stereocenters. The number of carbonyl (C=O) groups is 1. The van der Waals surface area contributed by atoms with Crippen molar-refractivity contribution >= 4 is 5.97 Å². The van der Waals surface area contributed by atoms with E-state index in [2.05, 4.69) is 14.9 Å². The van der Waals surface area contributed by atoms with Gasteiger partial charge in [-0.25, -0.2) is 9.97 Å². The third kappa shape index (κ3) is 5.74. The molecule has 0 spiro atoms. The average molecular weight is 399 g/mol. The Morgan fingerprint density at radius 2 is 1.97 bits per heavy atom. The molecule has 0 bridgehead atoms. The van der Waals surface area contributed by atoms with E-state index in [1.54, 1.807) is 25.6 Å². The fraction of sp³-hybridized carbons (Fsp3) is 0.500. The van der Waals surface area contributed by atoms with Crippen molar-refractivity contribution in [2.45, 2.75) is 32.7 Å². The van der Waals surface area contributed by atoms with Crippen molar-refractivity contribution in [3.63, 3.8) is 0 Å². The normalized spacial score (nSPS) is 19.7. The maximum atomic E-state index is 12.7. The Balaban J connectivity index is 1.63. The molecule has 1 aliphatic heterocycles. The molecule has 1 saturated heterocycles. The lowest BCUT2D eigenvalue weighted by molar-refractivity contribution is -0.160. The number of methoxy groups -OCH3 is 1. The second kappa shape index (κ2) is 10.3. The van der Waals surface area contributed by atoms with Gasteiger partial charge in [0, 0.05) is 39.2 Å². The molecule has 2 aromatic rings. The number of carbonyl (C=O) groups excluding carboxylic acids is 1. The van der Waals surface area contributed by atoms with Crippen LogP contribution in [0.15, 0.2) is 42.7 Å². The summed E-state index contributed by atoms with van der Waals surface area (Å²) in [4.78, 5) is 23.2. The number of rotatable bonds is 9. The van der Waals surface area contributed by atoms with E-state index in [1.165, 1.54) is 0 Å². The van der Waals surface area contributed by atoms with Crippen LogP contribution in [-0.4, -0.2) is 54.3 Å². The molecule has 1 fully saturated rings. The predicted octanol–water partition coefficient (Wildman–Crippen LogP) is 3.45. The van der Waals surface area contributed by atoms with Gasteiger partial charge in [0.1, 0.15) is 5.75 Å². The van der Waals surface area contributed by atoms with E-state index in [1.807, 2.05) is 31.2 Å². The van der Waals surface area contributed by atoms with Crippen LogP contribution in [-0.2, 0) is 20.8 Å². The summed E-state index contributed by atoms with van der Waals surface area (Å²) >= 11 is 0. The van der Waals surface area contributed by atoms with E-state index in [-0.39, 0.29) is 5.97 Å². The zero-order valence-electron chi connectivity index (χ0n) is 17.2. The average Bonchev–Trinajstić information content (AvgIpc) is 2.75. The van der Waals surface area contributed by atoms with E-state index in [0.717, 1.165) is 31.5 Å². The van der Waals surface area contributed by atoms with E-state index >= 15 is 0 Å². The molecule has 1 atom stereocenters. The molecule has 7 nitrogen and oxygen atoms in total. The van der Waals surface area contributed by atoms with E-state index < -0.39 is 5.41 Å². The van der Waals surface area contributed by atoms with Crippen LogP contribution >= 0.6 is 0 Å². The molecule has 7 heteroatoms. The molecule has 29 heavy (non-hydrogen) atoms. The first-order chi connectivity index (χ1) is 14.1. The van der Waals surface area contributed by atoms with Crippen LogP contribution in [0, 0.1) is 5.41 Å². The van der Waals surface area contributed by atoms with Gasteiger partial charge in [0.15, 0.2) is 0 Å². The Bertz CT molecular complexity index is 769. The Kier molecular flexibility index (Phi) is 7.55. The van der Waals surface area contributed by atoms with Crippen LogP contribution < -0.4 is 4.74 Å². The van der Waals surface area contributed by atoms with Crippen molar-refractivity contribution in [2.75, 3.05) is 33.4 Å². The number of likely N-dealkylation sites (tertiary alicyclic amines) is 1. The maximum Gasteiger partial charge on any atom is 0.321 e. The molecule has 1 aromatic heterocycles. The van der Waals surface area contributed by atoms with Crippen molar-refractivity contribution in [1.29, 1.82) is 0 Å². The van der Waals surface area contributed by atoms with Crippen LogP contribution in [0.5, 0.6) is 11.8 Å². The second-order valence-corrected chi connectivity index (χ2v) is 7.34. The third-order valence-electron chi connectivity index (χ3n) is 5.23. The van der Waals surface area contributed by atoms with Crippen molar-refractivity contribution < 1.29 is 19.0 Å². The highest BCUT2D eigenvalue weighted by Crippen LogP contribution is 2.36. The van der Waals surface area contributed by atoms with E-state index in [4.69, 9.17) is 14.2 Å². The molecule has 3 rings (SSSR count). The SMILES string of the molecule is CCOC(=O)C1(CCOC)CCCN(Cc2ccc(Oc3ncccn3)cc2)C1. The number of benzene rings is 1. The summed E-state index contributed by atoms with van der Waals surface area (Å²) in [6.45, 7) is 5.23. The molecule has 0 saturated carbocycles. The van der Waals surface area contributed by atoms with Crippen LogP contribution in [0.4, 0.5) is 0 Å². The van der Waals surface area contributed by atoms with Crippen LogP contribution in [0.2, 0.25) is 0 Å². The molecule has 1 aliphatic rings. The van der Waals surface area contributed by atoms with Gasteiger partial charge in [-0.15, -0.1) is 0 Å². The van der Waals surface area contributed by atoms with E-state index in [0.29, 0.717) is 37.9 Å².